The lowest BCUT2D eigenvalue weighted by atomic mass is 10.3. The molecule has 1 saturated heterocycles. The Hall–Kier alpha value is -1.43. The highest BCUT2D eigenvalue weighted by Gasteiger charge is 2.22. The number of amides is 2. The second-order valence-corrected chi connectivity index (χ2v) is 4.52. The normalized spacial score (nSPS) is 15.5. The van der Waals surface area contributed by atoms with Gasteiger partial charge in [-0.2, -0.15) is 0 Å². The maximum absolute atomic E-state index is 11.5. The third-order valence-electron chi connectivity index (χ3n) is 2.31. The first-order chi connectivity index (χ1) is 7.75. The topological polar surface area (TPSA) is 65.2 Å². The number of aromatic nitrogens is 1. The predicted molar refractivity (Wildman–Crippen MR) is 61.7 cm³/mol. The van der Waals surface area contributed by atoms with E-state index in [1.165, 1.54) is 11.8 Å². The van der Waals surface area contributed by atoms with Crippen molar-refractivity contribution >= 4 is 23.6 Å². The van der Waals surface area contributed by atoms with Crippen LogP contribution in [0.4, 0.5) is 0 Å². The fourth-order valence-corrected chi connectivity index (χ4v) is 2.34. The van der Waals surface area contributed by atoms with Gasteiger partial charge in [-0.05, 0) is 11.6 Å². The van der Waals surface area contributed by atoms with Crippen molar-refractivity contribution in [2.45, 2.75) is 6.54 Å². The molecule has 2 amide bonds. The minimum Gasteiger partial charge on any atom is -0.367 e. The SMILES string of the molecule is O=C(CN1CSCC1=O)NCc1cc[nH]c1. The van der Waals surface area contributed by atoms with E-state index in [-0.39, 0.29) is 18.4 Å². The van der Waals surface area contributed by atoms with Crippen LogP contribution in [0.2, 0.25) is 0 Å². The summed E-state index contributed by atoms with van der Waals surface area (Å²) in [5.41, 5.74) is 1.02. The van der Waals surface area contributed by atoms with Crippen LogP contribution in [0.25, 0.3) is 0 Å². The van der Waals surface area contributed by atoms with E-state index in [9.17, 15) is 9.59 Å². The third kappa shape index (κ3) is 2.79. The lowest BCUT2D eigenvalue weighted by molar-refractivity contribution is -0.132. The zero-order chi connectivity index (χ0) is 11.4. The lowest BCUT2D eigenvalue weighted by Gasteiger charge is -2.13. The molecule has 0 spiro atoms. The van der Waals surface area contributed by atoms with Crippen LogP contribution in [0.1, 0.15) is 5.56 Å². The zero-order valence-corrected chi connectivity index (χ0v) is 9.55. The maximum Gasteiger partial charge on any atom is 0.239 e. The van der Waals surface area contributed by atoms with Crippen molar-refractivity contribution in [1.82, 2.24) is 15.2 Å². The van der Waals surface area contributed by atoms with Gasteiger partial charge < -0.3 is 15.2 Å². The van der Waals surface area contributed by atoms with Crippen LogP contribution in [-0.2, 0) is 16.1 Å². The van der Waals surface area contributed by atoms with Gasteiger partial charge in [0.1, 0.15) is 6.54 Å². The summed E-state index contributed by atoms with van der Waals surface area (Å²) in [4.78, 5) is 27.3. The summed E-state index contributed by atoms with van der Waals surface area (Å²) in [7, 11) is 0. The Bertz CT molecular complexity index is 377. The van der Waals surface area contributed by atoms with E-state index in [2.05, 4.69) is 10.3 Å². The smallest absolute Gasteiger partial charge is 0.239 e. The quantitative estimate of drug-likeness (QED) is 0.787. The fraction of sp³-hybridized carbons (Fsp3) is 0.400. The van der Waals surface area contributed by atoms with Gasteiger partial charge in [-0.1, -0.05) is 0 Å². The molecule has 1 aliphatic heterocycles. The molecule has 6 heteroatoms. The maximum atomic E-state index is 11.5. The summed E-state index contributed by atoms with van der Waals surface area (Å²) in [5, 5.41) is 2.77. The number of hydrogen-bond donors (Lipinski definition) is 2. The van der Waals surface area contributed by atoms with E-state index in [0.717, 1.165) is 5.56 Å². The Morgan fingerprint density at radius 2 is 2.50 bits per heavy atom. The molecule has 0 bridgehead atoms. The lowest BCUT2D eigenvalue weighted by Crippen LogP contribution is -2.37. The molecule has 5 nitrogen and oxygen atoms in total. The van der Waals surface area contributed by atoms with Crippen LogP contribution in [0.5, 0.6) is 0 Å². The van der Waals surface area contributed by atoms with Gasteiger partial charge >= 0.3 is 0 Å². The van der Waals surface area contributed by atoms with Gasteiger partial charge in [0.15, 0.2) is 0 Å². The first-order valence-electron chi connectivity index (χ1n) is 4.99. The minimum atomic E-state index is -0.114. The number of hydrogen-bond acceptors (Lipinski definition) is 3. The van der Waals surface area contributed by atoms with Crippen LogP contribution in [0.3, 0.4) is 0 Å². The highest BCUT2D eigenvalue weighted by atomic mass is 32.2. The summed E-state index contributed by atoms with van der Waals surface area (Å²) in [5.74, 6) is 1.04. The highest BCUT2D eigenvalue weighted by Crippen LogP contribution is 2.13. The summed E-state index contributed by atoms with van der Waals surface area (Å²) >= 11 is 1.54. The summed E-state index contributed by atoms with van der Waals surface area (Å²) in [6.45, 7) is 0.660. The second kappa shape index (κ2) is 5.07. The number of nitrogens with zero attached hydrogens (tertiary/aromatic N) is 1. The van der Waals surface area contributed by atoms with Crippen molar-refractivity contribution in [2.75, 3.05) is 18.2 Å². The van der Waals surface area contributed by atoms with E-state index in [0.29, 0.717) is 18.2 Å². The molecule has 2 heterocycles. The molecule has 0 aliphatic carbocycles. The van der Waals surface area contributed by atoms with Gasteiger partial charge in [0.2, 0.25) is 11.8 Å². The number of H-pyrrole nitrogens is 1. The van der Waals surface area contributed by atoms with Gasteiger partial charge in [0.25, 0.3) is 0 Å². The molecule has 16 heavy (non-hydrogen) atoms. The predicted octanol–water partition coefficient (Wildman–Crippen LogP) is 0.164. The number of carbonyl (C=O) groups is 2. The van der Waals surface area contributed by atoms with Crippen molar-refractivity contribution in [1.29, 1.82) is 0 Å². The van der Waals surface area contributed by atoms with Crippen molar-refractivity contribution in [2.24, 2.45) is 0 Å². The zero-order valence-electron chi connectivity index (χ0n) is 8.73. The fourth-order valence-electron chi connectivity index (χ4n) is 1.44. The minimum absolute atomic E-state index is 0.0433. The van der Waals surface area contributed by atoms with E-state index in [1.54, 1.807) is 4.90 Å². The molecule has 1 fully saturated rings. The molecule has 86 valence electrons. The largest absolute Gasteiger partial charge is 0.367 e. The Morgan fingerprint density at radius 1 is 1.62 bits per heavy atom. The van der Waals surface area contributed by atoms with Crippen LogP contribution in [-0.4, -0.2) is 39.9 Å². The van der Waals surface area contributed by atoms with Gasteiger partial charge in [0, 0.05) is 18.9 Å². The Kier molecular flexibility index (Phi) is 3.51. The molecule has 0 saturated carbocycles. The van der Waals surface area contributed by atoms with Gasteiger partial charge in [-0.3, -0.25) is 9.59 Å². The van der Waals surface area contributed by atoms with E-state index in [1.807, 2.05) is 18.5 Å². The van der Waals surface area contributed by atoms with Crippen molar-refractivity contribution in [3.05, 3.63) is 24.0 Å². The van der Waals surface area contributed by atoms with Gasteiger partial charge in [0.05, 0.1) is 11.6 Å². The molecule has 0 unspecified atom stereocenters. The molecule has 0 aromatic carbocycles. The van der Waals surface area contributed by atoms with E-state index in [4.69, 9.17) is 0 Å². The summed E-state index contributed by atoms with van der Waals surface area (Å²) in [6.07, 6.45) is 3.64. The Balaban J connectivity index is 1.74. The number of carbonyl (C=O) groups excluding carboxylic acids is 2. The molecule has 1 aliphatic rings. The summed E-state index contributed by atoms with van der Waals surface area (Å²) in [6, 6.07) is 1.90. The van der Waals surface area contributed by atoms with Crippen LogP contribution < -0.4 is 5.32 Å². The molecule has 1 aromatic rings. The average Bonchev–Trinajstić information content (AvgIpc) is 2.88. The molecule has 2 rings (SSSR count). The van der Waals surface area contributed by atoms with Crippen LogP contribution >= 0.6 is 11.8 Å². The molecule has 1 aromatic heterocycles. The second-order valence-electron chi connectivity index (χ2n) is 3.57. The van der Waals surface area contributed by atoms with Crippen molar-refractivity contribution < 1.29 is 9.59 Å². The van der Waals surface area contributed by atoms with Crippen molar-refractivity contribution in [3.8, 4) is 0 Å². The van der Waals surface area contributed by atoms with Crippen LogP contribution in [0, 0.1) is 0 Å². The van der Waals surface area contributed by atoms with Gasteiger partial charge in [-0.15, -0.1) is 11.8 Å². The first-order valence-corrected chi connectivity index (χ1v) is 6.15. The third-order valence-corrected chi connectivity index (χ3v) is 3.26. The summed E-state index contributed by atoms with van der Waals surface area (Å²) < 4.78 is 0. The molecule has 2 N–H and O–H groups in total. The number of thioether (sulfide) groups is 1. The number of rotatable bonds is 4. The average molecular weight is 239 g/mol. The molecular formula is C10H13N3O2S. The molecule has 0 radical (unpaired) electrons. The standard InChI is InChI=1S/C10H13N3O2S/c14-9(5-13-7-16-6-10(13)15)12-4-8-1-2-11-3-8/h1-3,11H,4-7H2,(H,12,14). The van der Waals surface area contributed by atoms with Crippen LogP contribution in [0.15, 0.2) is 18.5 Å². The number of nitrogens with one attached hydrogen (secondary N) is 2. The molecular weight excluding hydrogens is 226 g/mol. The van der Waals surface area contributed by atoms with E-state index >= 15 is 0 Å². The van der Waals surface area contributed by atoms with Crippen molar-refractivity contribution in [3.63, 3.8) is 0 Å². The first kappa shape index (κ1) is 11.1. The Morgan fingerprint density at radius 3 is 3.12 bits per heavy atom. The van der Waals surface area contributed by atoms with E-state index < -0.39 is 0 Å². The highest BCUT2D eigenvalue weighted by molar-refractivity contribution is 8.00. The molecule has 0 atom stereocenters. The Labute approximate surface area is 97.6 Å². The number of aromatic amines is 1. The monoisotopic (exact) mass is 239 g/mol. The van der Waals surface area contributed by atoms with Gasteiger partial charge in [-0.25, -0.2) is 0 Å².